The van der Waals surface area contributed by atoms with Crippen LogP contribution in [0, 0.1) is 5.41 Å². The van der Waals surface area contributed by atoms with Crippen LogP contribution in [-0.4, -0.2) is 25.5 Å². The van der Waals surface area contributed by atoms with Gasteiger partial charge in [-0.2, -0.15) is 0 Å². The third-order valence-corrected chi connectivity index (χ3v) is 3.10. The number of halogens is 2. The molecule has 1 spiro atoms. The van der Waals surface area contributed by atoms with Gasteiger partial charge in [0.15, 0.2) is 0 Å². The van der Waals surface area contributed by atoms with Gasteiger partial charge in [-0.1, -0.05) is 0 Å². The molecule has 0 radical (unpaired) electrons. The molecule has 3 nitrogen and oxygen atoms in total. The molecule has 2 fully saturated rings. The molecule has 2 N–H and O–H groups in total. The number of hydrogen-bond acceptors (Lipinski definition) is 2. The summed E-state index contributed by atoms with van der Waals surface area (Å²) in [5.74, 6) is 0.228. The van der Waals surface area contributed by atoms with Gasteiger partial charge in [0, 0.05) is 24.9 Å². The van der Waals surface area contributed by atoms with Gasteiger partial charge in [0.2, 0.25) is 5.91 Å². The maximum Gasteiger partial charge on any atom is 0.220 e. The fourth-order valence-electron chi connectivity index (χ4n) is 2.24. The second kappa shape index (κ2) is 5.79. The summed E-state index contributed by atoms with van der Waals surface area (Å²) in [4.78, 5) is 11.0. The second-order valence-corrected chi connectivity index (χ2v) is 4.06. The number of amides is 1. The third kappa shape index (κ3) is 3.01. The number of rotatable bonds is 0. The number of carbonyl (C=O) groups is 1. The van der Waals surface area contributed by atoms with Gasteiger partial charge in [-0.3, -0.25) is 4.79 Å². The minimum absolute atomic E-state index is 0. The first-order valence-electron chi connectivity index (χ1n) is 4.78. The highest BCUT2D eigenvalue weighted by atomic mass is 35.5. The first kappa shape index (κ1) is 14.0. The standard InChI is InChI=1S/C9H16N2O.2ClH/c12-8-2-4-9(7-11-8)3-1-5-10-6-9;;/h10H,1-7H2,(H,11,12);2*1H. The molecule has 0 aromatic heterocycles. The van der Waals surface area contributed by atoms with Crippen LogP contribution in [0.4, 0.5) is 0 Å². The Labute approximate surface area is 97.2 Å². The monoisotopic (exact) mass is 240 g/mol. The number of hydrogen-bond donors (Lipinski definition) is 2. The van der Waals surface area contributed by atoms with Crippen molar-refractivity contribution in [1.82, 2.24) is 10.6 Å². The van der Waals surface area contributed by atoms with Crippen molar-refractivity contribution in [1.29, 1.82) is 0 Å². The lowest BCUT2D eigenvalue weighted by Crippen LogP contribution is -2.51. The normalized spacial score (nSPS) is 31.3. The average molecular weight is 241 g/mol. The van der Waals surface area contributed by atoms with Crippen molar-refractivity contribution < 1.29 is 4.79 Å². The van der Waals surface area contributed by atoms with E-state index in [1.54, 1.807) is 0 Å². The molecule has 2 aliphatic rings. The molecule has 2 saturated heterocycles. The zero-order chi connectivity index (χ0) is 8.44. The van der Waals surface area contributed by atoms with Crippen LogP contribution in [0.2, 0.25) is 0 Å². The molecule has 1 atom stereocenters. The lowest BCUT2D eigenvalue weighted by atomic mass is 9.75. The van der Waals surface area contributed by atoms with Crippen molar-refractivity contribution in [2.24, 2.45) is 5.41 Å². The van der Waals surface area contributed by atoms with Gasteiger partial charge in [-0.15, -0.1) is 24.8 Å². The van der Waals surface area contributed by atoms with Crippen molar-refractivity contribution in [3.63, 3.8) is 0 Å². The van der Waals surface area contributed by atoms with Crippen molar-refractivity contribution >= 4 is 30.7 Å². The number of carbonyl (C=O) groups excluding carboxylic acids is 1. The van der Waals surface area contributed by atoms with Crippen LogP contribution in [-0.2, 0) is 4.79 Å². The lowest BCUT2D eigenvalue weighted by molar-refractivity contribution is -0.124. The van der Waals surface area contributed by atoms with E-state index in [4.69, 9.17) is 0 Å². The molecule has 0 bridgehead atoms. The van der Waals surface area contributed by atoms with Gasteiger partial charge in [-0.05, 0) is 25.8 Å². The zero-order valence-corrected chi connectivity index (χ0v) is 9.81. The molecule has 1 amide bonds. The fraction of sp³-hybridized carbons (Fsp3) is 0.889. The first-order chi connectivity index (χ1) is 5.81. The van der Waals surface area contributed by atoms with E-state index in [1.165, 1.54) is 12.8 Å². The Kier molecular flexibility index (Phi) is 5.79. The largest absolute Gasteiger partial charge is 0.355 e. The predicted molar refractivity (Wildman–Crippen MR) is 61.3 cm³/mol. The van der Waals surface area contributed by atoms with Crippen molar-refractivity contribution in [2.75, 3.05) is 19.6 Å². The summed E-state index contributed by atoms with van der Waals surface area (Å²) >= 11 is 0. The lowest BCUT2D eigenvalue weighted by Gasteiger charge is -2.40. The Morgan fingerprint density at radius 2 is 1.93 bits per heavy atom. The summed E-state index contributed by atoms with van der Waals surface area (Å²) < 4.78 is 0. The van der Waals surface area contributed by atoms with Crippen molar-refractivity contribution in [3.8, 4) is 0 Å². The highest BCUT2D eigenvalue weighted by molar-refractivity contribution is 5.85. The molecule has 0 saturated carbocycles. The minimum Gasteiger partial charge on any atom is -0.355 e. The maximum absolute atomic E-state index is 11.0. The molecular weight excluding hydrogens is 223 g/mol. The summed E-state index contributed by atoms with van der Waals surface area (Å²) in [7, 11) is 0. The van der Waals surface area contributed by atoms with Gasteiger partial charge >= 0.3 is 0 Å². The van der Waals surface area contributed by atoms with Crippen LogP contribution in [0.3, 0.4) is 0 Å². The Morgan fingerprint density at radius 3 is 2.43 bits per heavy atom. The van der Waals surface area contributed by atoms with E-state index >= 15 is 0 Å². The van der Waals surface area contributed by atoms with Gasteiger partial charge in [-0.25, -0.2) is 0 Å². The Morgan fingerprint density at radius 1 is 1.14 bits per heavy atom. The molecular formula is C9H18Cl2N2O. The molecule has 84 valence electrons. The topological polar surface area (TPSA) is 41.1 Å². The van der Waals surface area contributed by atoms with Gasteiger partial charge < -0.3 is 10.6 Å². The molecule has 1 unspecified atom stereocenters. The van der Waals surface area contributed by atoms with E-state index in [1.807, 2.05) is 0 Å². The SMILES string of the molecule is Cl.Cl.O=C1CCC2(CCCNC2)CN1. The summed E-state index contributed by atoms with van der Waals surface area (Å²) in [6.07, 6.45) is 4.34. The van der Waals surface area contributed by atoms with Gasteiger partial charge in [0.1, 0.15) is 0 Å². The van der Waals surface area contributed by atoms with E-state index in [0.717, 1.165) is 32.5 Å². The van der Waals surface area contributed by atoms with Crippen LogP contribution in [0.25, 0.3) is 0 Å². The van der Waals surface area contributed by atoms with Crippen LogP contribution in [0.15, 0.2) is 0 Å². The molecule has 0 aromatic carbocycles. The molecule has 14 heavy (non-hydrogen) atoms. The molecule has 5 heteroatoms. The summed E-state index contributed by atoms with van der Waals surface area (Å²) in [5, 5.41) is 6.37. The molecule has 2 aliphatic heterocycles. The number of nitrogens with one attached hydrogen (secondary N) is 2. The zero-order valence-electron chi connectivity index (χ0n) is 8.17. The van der Waals surface area contributed by atoms with E-state index in [0.29, 0.717) is 5.41 Å². The Hall–Kier alpha value is 0.01000. The van der Waals surface area contributed by atoms with E-state index < -0.39 is 0 Å². The van der Waals surface area contributed by atoms with E-state index in [9.17, 15) is 4.79 Å². The molecule has 0 aliphatic carbocycles. The third-order valence-electron chi connectivity index (χ3n) is 3.10. The Bertz CT molecular complexity index is 181. The maximum atomic E-state index is 11.0. The minimum atomic E-state index is 0. The summed E-state index contributed by atoms with van der Waals surface area (Å²) in [5.41, 5.74) is 0.395. The highest BCUT2D eigenvalue weighted by Gasteiger charge is 2.35. The highest BCUT2D eigenvalue weighted by Crippen LogP contribution is 2.32. The van der Waals surface area contributed by atoms with E-state index in [-0.39, 0.29) is 30.7 Å². The van der Waals surface area contributed by atoms with Gasteiger partial charge in [0.05, 0.1) is 0 Å². The average Bonchev–Trinajstić information content (AvgIpc) is 2.13. The van der Waals surface area contributed by atoms with Gasteiger partial charge in [0.25, 0.3) is 0 Å². The smallest absolute Gasteiger partial charge is 0.220 e. The van der Waals surface area contributed by atoms with Crippen LogP contribution in [0.1, 0.15) is 25.7 Å². The molecule has 0 aromatic rings. The van der Waals surface area contributed by atoms with Crippen molar-refractivity contribution in [3.05, 3.63) is 0 Å². The van der Waals surface area contributed by atoms with Crippen LogP contribution in [0.5, 0.6) is 0 Å². The first-order valence-corrected chi connectivity index (χ1v) is 4.78. The van der Waals surface area contributed by atoms with Crippen molar-refractivity contribution in [2.45, 2.75) is 25.7 Å². The number of piperidine rings is 2. The van der Waals surface area contributed by atoms with Crippen LogP contribution < -0.4 is 10.6 Å². The van der Waals surface area contributed by atoms with E-state index in [2.05, 4.69) is 10.6 Å². The fourth-order valence-corrected chi connectivity index (χ4v) is 2.24. The second-order valence-electron chi connectivity index (χ2n) is 4.06. The van der Waals surface area contributed by atoms with Crippen LogP contribution >= 0.6 is 24.8 Å². The Balaban J connectivity index is 0.000000845. The quantitative estimate of drug-likeness (QED) is 0.667. The molecule has 2 rings (SSSR count). The summed E-state index contributed by atoms with van der Waals surface area (Å²) in [6, 6.07) is 0. The summed E-state index contributed by atoms with van der Waals surface area (Å²) in [6.45, 7) is 3.13. The molecule has 2 heterocycles. The predicted octanol–water partition coefficient (Wildman–Crippen LogP) is 1.11.